The molecule has 0 bridgehead atoms. The lowest BCUT2D eigenvalue weighted by Crippen LogP contribution is -2.72. The molecule has 9 nitrogen and oxygen atoms in total. The van der Waals surface area contributed by atoms with E-state index in [9.17, 15) is 25.5 Å². The van der Waals surface area contributed by atoms with E-state index < -0.39 is 42.8 Å². The number of ether oxygens (including phenoxy) is 1. The van der Waals surface area contributed by atoms with Gasteiger partial charge >= 0.3 is 0 Å². The first-order chi connectivity index (χ1) is 7.21. The van der Waals surface area contributed by atoms with Gasteiger partial charge in [0.05, 0.1) is 0 Å². The summed E-state index contributed by atoms with van der Waals surface area (Å²) in [6, 6.07) is 0. The van der Waals surface area contributed by atoms with E-state index >= 15 is 0 Å². The van der Waals surface area contributed by atoms with Crippen LogP contribution in [0.25, 0.3) is 0 Å². The van der Waals surface area contributed by atoms with Crippen LogP contribution < -0.4 is 0 Å². The maximum atomic E-state index is 9.56. The van der Waals surface area contributed by atoms with Gasteiger partial charge in [-0.15, -0.1) is 0 Å². The van der Waals surface area contributed by atoms with E-state index in [1.165, 1.54) is 0 Å². The van der Waals surface area contributed by atoms with Crippen molar-refractivity contribution in [3.8, 4) is 0 Å². The molecule has 0 spiro atoms. The Morgan fingerprint density at radius 2 is 1.19 bits per heavy atom. The summed E-state index contributed by atoms with van der Waals surface area (Å²) >= 11 is 0. The van der Waals surface area contributed by atoms with E-state index in [4.69, 9.17) is 15.3 Å². The van der Waals surface area contributed by atoms with Gasteiger partial charge in [-0.2, -0.15) is 0 Å². The molecule has 9 heteroatoms. The lowest BCUT2D eigenvalue weighted by molar-refractivity contribution is -0.420. The molecule has 1 fully saturated rings. The molecule has 6 atom stereocenters. The van der Waals surface area contributed by atoms with E-state index in [1.807, 2.05) is 0 Å². The van der Waals surface area contributed by atoms with E-state index in [1.54, 1.807) is 0 Å². The van der Waals surface area contributed by atoms with Crippen LogP contribution in [0, 0.1) is 0 Å². The van der Waals surface area contributed by atoms with Gasteiger partial charge in [-0.3, -0.25) is 4.74 Å². The molecule has 1 saturated carbocycles. The van der Waals surface area contributed by atoms with Crippen LogP contribution in [0.15, 0.2) is 0 Å². The summed E-state index contributed by atoms with van der Waals surface area (Å²) in [7, 11) is 0. The Morgan fingerprint density at radius 1 is 0.812 bits per heavy atom. The monoisotopic (exact) mass is 242 g/mol. The summed E-state index contributed by atoms with van der Waals surface area (Å²) in [6.45, 7) is -2.55. The average Bonchev–Trinajstić information content (AvgIpc) is 2.21. The number of hydrogen-bond acceptors (Lipinski definition) is 9. The summed E-state index contributed by atoms with van der Waals surface area (Å²) in [5, 5.41) is 72.7. The van der Waals surface area contributed by atoms with Crippen molar-refractivity contribution in [2.24, 2.45) is 0 Å². The predicted molar refractivity (Wildman–Crippen MR) is 44.3 cm³/mol. The Bertz CT molecular complexity index is 228. The van der Waals surface area contributed by atoms with Gasteiger partial charge in [-0.1, -0.05) is 0 Å². The minimum Gasteiger partial charge on any atom is -0.387 e. The van der Waals surface area contributed by atoms with E-state index in [2.05, 4.69) is 4.74 Å². The SMILES string of the molecule is OC(O)OC1(O)[C@H](O)[C@H](O)C(O)[C@H](O)[C@H]1O. The molecule has 8 N–H and O–H groups in total. The number of aliphatic hydroxyl groups is 8. The summed E-state index contributed by atoms with van der Waals surface area (Å²) in [5.41, 5.74) is 0. The van der Waals surface area contributed by atoms with Crippen molar-refractivity contribution in [2.45, 2.75) is 42.8 Å². The molecule has 96 valence electrons. The molecule has 1 aliphatic carbocycles. The maximum absolute atomic E-state index is 9.56. The zero-order valence-electron chi connectivity index (χ0n) is 7.95. The highest BCUT2D eigenvalue weighted by Gasteiger charge is 2.59. The molecule has 0 aliphatic heterocycles. The van der Waals surface area contributed by atoms with Crippen molar-refractivity contribution < 1.29 is 45.6 Å². The first kappa shape index (κ1) is 13.7. The normalized spacial score (nSPS) is 49.7. The average molecular weight is 242 g/mol. The zero-order chi connectivity index (χ0) is 12.7. The van der Waals surface area contributed by atoms with Gasteiger partial charge in [0.2, 0.25) is 5.79 Å². The molecule has 0 aromatic heterocycles. The summed E-state index contributed by atoms with van der Waals surface area (Å²) in [4.78, 5) is 0. The second kappa shape index (κ2) is 4.49. The molecule has 1 aliphatic rings. The Labute approximate surface area is 89.4 Å². The van der Waals surface area contributed by atoms with Crippen molar-refractivity contribution >= 4 is 0 Å². The summed E-state index contributed by atoms with van der Waals surface area (Å²) < 4.78 is 4.03. The van der Waals surface area contributed by atoms with Gasteiger partial charge in [-0.25, -0.2) is 0 Å². The molecule has 0 heterocycles. The molecule has 16 heavy (non-hydrogen) atoms. The lowest BCUT2D eigenvalue weighted by atomic mass is 9.82. The van der Waals surface area contributed by atoms with Gasteiger partial charge in [0.25, 0.3) is 6.48 Å². The Balaban J connectivity index is 2.98. The van der Waals surface area contributed by atoms with Crippen molar-refractivity contribution in [3.63, 3.8) is 0 Å². The fourth-order valence-corrected chi connectivity index (χ4v) is 1.55. The molecule has 2 unspecified atom stereocenters. The van der Waals surface area contributed by atoms with E-state index in [-0.39, 0.29) is 0 Å². The quantitative estimate of drug-likeness (QED) is 0.220. The van der Waals surface area contributed by atoms with Crippen LogP contribution in [-0.2, 0) is 4.74 Å². The van der Waals surface area contributed by atoms with Crippen LogP contribution in [0.3, 0.4) is 0 Å². The highest BCUT2D eigenvalue weighted by Crippen LogP contribution is 2.31. The minimum atomic E-state index is -3.01. The Morgan fingerprint density at radius 3 is 1.50 bits per heavy atom. The largest absolute Gasteiger partial charge is 0.387 e. The number of hydrogen-bond donors (Lipinski definition) is 8. The van der Waals surface area contributed by atoms with Crippen molar-refractivity contribution in [1.82, 2.24) is 0 Å². The van der Waals surface area contributed by atoms with Gasteiger partial charge in [0, 0.05) is 0 Å². The van der Waals surface area contributed by atoms with Crippen LogP contribution in [0.4, 0.5) is 0 Å². The molecule has 0 saturated heterocycles. The zero-order valence-corrected chi connectivity index (χ0v) is 7.95. The highest BCUT2D eigenvalue weighted by atomic mass is 16.8. The molecule has 0 aromatic rings. The van der Waals surface area contributed by atoms with Crippen LogP contribution in [0.2, 0.25) is 0 Å². The van der Waals surface area contributed by atoms with E-state index in [0.717, 1.165) is 0 Å². The standard InChI is InChI=1S/C7H14O9/c8-1-2(9)4(11)7(15,16-6(13)14)5(12)3(1)10/h1-6,8-15H/t1?,2-,3+,4-,5-,7?/m1/s1. The molecule has 0 amide bonds. The predicted octanol–water partition coefficient (Wildman–Crippen LogP) is -5.22. The highest BCUT2D eigenvalue weighted by molar-refractivity contribution is 5.03. The second-order valence-electron chi connectivity index (χ2n) is 3.56. The van der Waals surface area contributed by atoms with Crippen LogP contribution in [0.5, 0.6) is 0 Å². The van der Waals surface area contributed by atoms with Crippen LogP contribution in [0.1, 0.15) is 0 Å². The summed E-state index contributed by atoms with van der Waals surface area (Å²) in [5.74, 6) is -3.01. The van der Waals surface area contributed by atoms with E-state index in [0.29, 0.717) is 0 Å². The minimum absolute atomic E-state index is 1.91. The first-order valence-electron chi connectivity index (χ1n) is 4.38. The second-order valence-corrected chi connectivity index (χ2v) is 3.56. The number of rotatable bonds is 2. The van der Waals surface area contributed by atoms with Crippen LogP contribution in [-0.4, -0.2) is 83.6 Å². The van der Waals surface area contributed by atoms with Gasteiger partial charge in [-0.05, 0) is 0 Å². The third kappa shape index (κ3) is 2.05. The first-order valence-corrected chi connectivity index (χ1v) is 4.38. The molecular formula is C7H14O9. The van der Waals surface area contributed by atoms with Crippen molar-refractivity contribution in [1.29, 1.82) is 0 Å². The lowest BCUT2D eigenvalue weighted by Gasteiger charge is -2.46. The third-order valence-corrected chi connectivity index (χ3v) is 2.49. The van der Waals surface area contributed by atoms with Crippen molar-refractivity contribution in [2.75, 3.05) is 0 Å². The molecular weight excluding hydrogens is 228 g/mol. The topological polar surface area (TPSA) is 171 Å². The smallest absolute Gasteiger partial charge is 0.269 e. The fourth-order valence-electron chi connectivity index (χ4n) is 1.55. The van der Waals surface area contributed by atoms with Gasteiger partial charge in [0.15, 0.2) is 0 Å². The van der Waals surface area contributed by atoms with Crippen LogP contribution >= 0.6 is 0 Å². The Kier molecular flexibility index (Phi) is 3.84. The number of aliphatic hydroxyl groups excluding tert-OH is 6. The van der Waals surface area contributed by atoms with Gasteiger partial charge in [0.1, 0.15) is 30.5 Å². The molecule has 0 radical (unpaired) electrons. The summed E-state index contributed by atoms with van der Waals surface area (Å²) in [6.07, 6.45) is -10.4. The van der Waals surface area contributed by atoms with Crippen molar-refractivity contribution in [3.05, 3.63) is 0 Å². The molecule has 0 aromatic carbocycles. The molecule has 1 rings (SSSR count). The Hall–Kier alpha value is -0.360. The third-order valence-electron chi connectivity index (χ3n) is 2.49. The maximum Gasteiger partial charge on any atom is 0.269 e. The van der Waals surface area contributed by atoms with Gasteiger partial charge < -0.3 is 40.9 Å². The fraction of sp³-hybridized carbons (Fsp3) is 1.00.